The Bertz CT molecular complexity index is 963. The molecule has 0 bridgehead atoms. The fourth-order valence-electron chi connectivity index (χ4n) is 3.26. The zero-order valence-corrected chi connectivity index (χ0v) is 18.0. The molecule has 1 aliphatic rings. The molecule has 2 heterocycles. The van der Waals surface area contributed by atoms with Crippen molar-refractivity contribution >= 4 is 44.3 Å². The average Bonchev–Trinajstić information content (AvgIpc) is 2.62. The third-order valence-corrected chi connectivity index (χ3v) is 5.12. The molecule has 8 nitrogen and oxygen atoms in total. The van der Waals surface area contributed by atoms with E-state index in [2.05, 4.69) is 26.2 Å². The first-order valence-corrected chi connectivity index (χ1v) is 10.0. The maximum Gasteiger partial charge on any atom is 0.410 e. The maximum absolute atomic E-state index is 13.9. The van der Waals surface area contributed by atoms with Crippen LogP contribution in [0.2, 0.25) is 0 Å². The first-order valence-electron chi connectivity index (χ1n) is 9.22. The molecule has 0 aliphatic carbocycles. The molecule has 1 fully saturated rings. The standard InChI is InChI=1S/C19H22BrFN4O4/c1-19(2,3)29-18(26)24-6-4-5-11(10-24)23-17-12-7-13(20)14(21)8-15(12)22-9-16(17)25(27)28/h7-9,11H,4-6,10H2,1-3H3,(H,22,23). The summed E-state index contributed by atoms with van der Waals surface area (Å²) >= 11 is 3.12. The van der Waals surface area contributed by atoms with E-state index < -0.39 is 22.4 Å². The molecule has 0 spiro atoms. The van der Waals surface area contributed by atoms with Crippen molar-refractivity contribution in [3.8, 4) is 0 Å². The third kappa shape index (κ3) is 4.92. The van der Waals surface area contributed by atoms with Crippen LogP contribution in [0.1, 0.15) is 33.6 Å². The number of nitrogens with zero attached hydrogens (tertiary/aromatic N) is 3. The molecule has 29 heavy (non-hydrogen) atoms. The van der Waals surface area contributed by atoms with E-state index >= 15 is 0 Å². The Balaban J connectivity index is 1.90. The molecule has 1 aromatic carbocycles. The smallest absolute Gasteiger partial charge is 0.410 e. The Morgan fingerprint density at radius 1 is 1.45 bits per heavy atom. The van der Waals surface area contributed by atoms with Crippen molar-refractivity contribution in [1.82, 2.24) is 9.88 Å². The Morgan fingerprint density at radius 2 is 2.17 bits per heavy atom. The van der Waals surface area contributed by atoms with Crippen LogP contribution < -0.4 is 5.32 Å². The minimum atomic E-state index is -0.603. The summed E-state index contributed by atoms with van der Waals surface area (Å²) in [5.74, 6) is -0.501. The summed E-state index contributed by atoms with van der Waals surface area (Å²) in [6.07, 6.45) is 2.16. The Morgan fingerprint density at radius 3 is 2.83 bits per heavy atom. The number of hydrogen-bond acceptors (Lipinski definition) is 6. The van der Waals surface area contributed by atoms with Gasteiger partial charge in [0.15, 0.2) is 0 Å². The number of pyridine rings is 1. The number of fused-ring (bicyclic) bond motifs is 1. The van der Waals surface area contributed by atoms with Gasteiger partial charge in [0.05, 0.1) is 14.9 Å². The summed E-state index contributed by atoms with van der Waals surface area (Å²) in [6, 6.07) is 2.48. The van der Waals surface area contributed by atoms with Gasteiger partial charge < -0.3 is 15.0 Å². The van der Waals surface area contributed by atoms with Crippen molar-refractivity contribution in [2.24, 2.45) is 0 Å². The number of likely N-dealkylation sites (tertiary alicyclic amines) is 1. The van der Waals surface area contributed by atoms with Gasteiger partial charge in [-0.05, 0) is 55.6 Å². The van der Waals surface area contributed by atoms with Crippen molar-refractivity contribution in [1.29, 1.82) is 0 Å². The lowest BCUT2D eigenvalue weighted by Crippen LogP contribution is -2.47. The molecule has 1 saturated heterocycles. The minimum Gasteiger partial charge on any atom is -0.444 e. The van der Waals surface area contributed by atoms with E-state index in [9.17, 15) is 19.3 Å². The Hall–Kier alpha value is -2.49. The monoisotopic (exact) mass is 468 g/mol. The van der Waals surface area contributed by atoms with Crippen molar-refractivity contribution in [2.75, 3.05) is 18.4 Å². The summed E-state index contributed by atoms with van der Waals surface area (Å²) in [7, 11) is 0. The molecule has 156 valence electrons. The molecule has 1 unspecified atom stereocenters. The highest BCUT2D eigenvalue weighted by Gasteiger charge is 2.29. The first kappa shape index (κ1) is 21.2. The lowest BCUT2D eigenvalue weighted by Gasteiger charge is -2.34. The number of carbonyl (C=O) groups excluding carboxylic acids is 1. The Labute approximate surface area is 175 Å². The molecule has 1 amide bonds. The SMILES string of the molecule is CC(C)(C)OC(=O)N1CCCC(Nc2c([N+](=O)[O-])cnc3cc(F)c(Br)cc23)C1. The van der Waals surface area contributed by atoms with Crippen molar-refractivity contribution in [3.05, 3.63) is 38.7 Å². The van der Waals surface area contributed by atoms with Crippen LogP contribution in [-0.4, -0.2) is 45.6 Å². The number of piperidine rings is 1. The summed E-state index contributed by atoms with van der Waals surface area (Å²) in [5.41, 5.74) is -0.241. The number of benzene rings is 1. The number of rotatable bonds is 3. The molecular formula is C19H22BrFN4O4. The number of hydrogen-bond donors (Lipinski definition) is 1. The maximum atomic E-state index is 13.9. The van der Waals surface area contributed by atoms with Crippen LogP contribution >= 0.6 is 15.9 Å². The van der Waals surface area contributed by atoms with Crippen LogP contribution in [0, 0.1) is 15.9 Å². The number of ether oxygens (including phenoxy) is 1. The van der Waals surface area contributed by atoms with Crippen molar-refractivity contribution < 1.29 is 18.8 Å². The van der Waals surface area contributed by atoms with E-state index in [4.69, 9.17) is 4.74 Å². The highest BCUT2D eigenvalue weighted by molar-refractivity contribution is 9.10. The number of anilines is 1. The third-order valence-electron chi connectivity index (χ3n) is 4.51. The number of nitro groups is 1. The number of amides is 1. The molecule has 1 N–H and O–H groups in total. The van der Waals surface area contributed by atoms with Crippen LogP contribution in [0.15, 0.2) is 22.8 Å². The van der Waals surface area contributed by atoms with E-state index in [0.29, 0.717) is 24.0 Å². The van der Waals surface area contributed by atoms with Gasteiger partial charge in [0.1, 0.15) is 23.3 Å². The highest BCUT2D eigenvalue weighted by atomic mass is 79.9. The molecule has 0 saturated carbocycles. The van der Waals surface area contributed by atoms with Crippen molar-refractivity contribution in [3.63, 3.8) is 0 Å². The van der Waals surface area contributed by atoms with Gasteiger partial charge in [-0.25, -0.2) is 14.2 Å². The predicted octanol–water partition coefficient (Wildman–Crippen LogP) is 4.86. The molecule has 1 atom stereocenters. The molecule has 1 aromatic heterocycles. The fraction of sp³-hybridized carbons (Fsp3) is 0.474. The second kappa shape index (κ2) is 8.10. The van der Waals surface area contributed by atoms with E-state index in [0.717, 1.165) is 19.0 Å². The molecule has 2 aromatic rings. The molecule has 1 aliphatic heterocycles. The lowest BCUT2D eigenvalue weighted by molar-refractivity contribution is -0.384. The van der Waals surface area contributed by atoms with Crippen LogP contribution in [0.25, 0.3) is 10.9 Å². The summed E-state index contributed by atoms with van der Waals surface area (Å²) in [5, 5.41) is 15.2. The van der Waals surface area contributed by atoms with Gasteiger partial charge >= 0.3 is 11.8 Å². The van der Waals surface area contributed by atoms with Gasteiger partial charge in [-0.15, -0.1) is 0 Å². The fourth-order valence-corrected chi connectivity index (χ4v) is 3.60. The number of nitrogens with one attached hydrogen (secondary N) is 1. The van der Waals surface area contributed by atoms with E-state index in [1.54, 1.807) is 25.7 Å². The van der Waals surface area contributed by atoms with Gasteiger partial charge in [0.25, 0.3) is 0 Å². The molecule has 3 rings (SSSR count). The van der Waals surface area contributed by atoms with Crippen LogP contribution in [0.5, 0.6) is 0 Å². The van der Waals surface area contributed by atoms with Gasteiger partial charge in [0.2, 0.25) is 0 Å². The molecular weight excluding hydrogens is 447 g/mol. The van der Waals surface area contributed by atoms with E-state index in [1.165, 1.54) is 12.1 Å². The summed E-state index contributed by atoms with van der Waals surface area (Å²) in [4.78, 5) is 29.0. The largest absolute Gasteiger partial charge is 0.444 e. The summed E-state index contributed by atoms with van der Waals surface area (Å²) < 4.78 is 19.5. The van der Waals surface area contributed by atoms with Gasteiger partial charge in [0, 0.05) is 30.6 Å². The predicted molar refractivity (Wildman–Crippen MR) is 111 cm³/mol. The molecule has 10 heteroatoms. The first-order chi connectivity index (χ1) is 13.5. The topological polar surface area (TPSA) is 97.6 Å². The zero-order valence-electron chi connectivity index (χ0n) is 16.4. The quantitative estimate of drug-likeness (QED) is 0.510. The average molecular weight is 469 g/mol. The number of carbonyl (C=O) groups is 1. The van der Waals surface area contributed by atoms with Crippen molar-refractivity contribution in [2.45, 2.75) is 45.3 Å². The second-order valence-corrected chi connectivity index (χ2v) is 8.82. The lowest BCUT2D eigenvalue weighted by atomic mass is 10.0. The van der Waals surface area contributed by atoms with Gasteiger partial charge in [-0.3, -0.25) is 10.1 Å². The minimum absolute atomic E-state index is 0.189. The summed E-state index contributed by atoms with van der Waals surface area (Å²) in [6.45, 7) is 6.30. The van der Waals surface area contributed by atoms with E-state index in [-0.39, 0.29) is 21.9 Å². The van der Waals surface area contributed by atoms with Gasteiger partial charge in [-0.1, -0.05) is 0 Å². The Kier molecular flexibility index (Phi) is 5.92. The van der Waals surface area contributed by atoms with Crippen LogP contribution in [0.4, 0.5) is 20.6 Å². The normalized spacial score (nSPS) is 17.3. The van der Waals surface area contributed by atoms with E-state index in [1.807, 2.05) is 0 Å². The van der Waals surface area contributed by atoms with Crippen LogP contribution in [0.3, 0.4) is 0 Å². The van der Waals surface area contributed by atoms with Gasteiger partial charge in [-0.2, -0.15) is 0 Å². The highest BCUT2D eigenvalue weighted by Crippen LogP contribution is 2.35. The molecule has 0 radical (unpaired) electrons. The number of halogens is 2. The van der Waals surface area contributed by atoms with Crippen LogP contribution in [-0.2, 0) is 4.74 Å². The zero-order chi connectivity index (χ0) is 21.3. The second-order valence-electron chi connectivity index (χ2n) is 7.97. The number of aromatic nitrogens is 1.